The van der Waals surface area contributed by atoms with Crippen LogP contribution in [-0.2, 0) is 14.8 Å². The summed E-state index contributed by atoms with van der Waals surface area (Å²) in [6.07, 6.45) is 1.76. The molecule has 2 rings (SSSR count). The van der Waals surface area contributed by atoms with E-state index in [1.165, 1.54) is 4.31 Å². The summed E-state index contributed by atoms with van der Waals surface area (Å²) in [4.78, 5) is 12.3. The molecule has 1 aromatic carbocycles. The fourth-order valence-corrected chi connectivity index (χ4v) is 4.53. The van der Waals surface area contributed by atoms with Crippen molar-refractivity contribution in [2.75, 3.05) is 24.2 Å². The fraction of sp³-hybridized carbons (Fsp3) is 0.533. The molecule has 122 valence electrons. The molecule has 1 fully saturated rings. The van der Waals surface area contributed by atoms with Gasteiger partial charge < -0.3 is 5.32 Å². The highest BCUT2D eigenvalue weighted by molar-refractivity contribution is 9.10. The highest BCUT2D eigenvalue weighted by Crippen LogP contribution is 2.23. The molecule has 1 aliphatic heterocycles. The molecule has 0 aliphatic carbocycles. The van der Waals surface area contributed by atoms with Crippen molar-refractivity contribution in [3.05, 3.63) is 28.7 Å². The van der Waals surface area contributed by atoms with E-state index in [9.17, 15) is 13.2 Å². The zero-order valence-electron chi connectivity index (χ0n) is 12.6. The predicted molar refractivity (Wildman–Crippen MR) is 91.1 cm³/mol. The van der Waals surface area contributed by atoms with Gasteiger partial charge in [0, 0.05) is 29.2 Å². The molecule has 7 heteroatoms. The number of hydrogen-bond acceptors (Lipinski definition) is 3. The minimum Gasteiger partial charge on any atom is -0.326 e. The number of piperidine rings is 1. The van der Waals surface area contributed by atoms with Gasteiger partial charge in [-0.15, -0.1) is 0 Å². The van der Waals surface area contributed by atoms with Gasteiger partial charge in [0.2, 0.25) is 15.9 Å². The lowest BCUT2D eigenvalue weighted by Crippen LogP contribution is -2.42. The molecule has 1 N–H and O–H groups in total. The molecular weight excluding hydrogens is 368 g/mol. The fourth-order valence-electron chi connectivity index (χ4n) is 2.59. The Labute approximate surface area is 140 Å². The molecule has 1 aromatic rings. The average Bonchev–Trinajstić information content (AvgIpc) is 2.47. The molecule has 0 unspecified atom stereocenters. The van der Waals surface area contributed by atoms with Gasteiger partial charge >= 0.3 is 0 Å². The van der Waals surface area contributed by atoms with Crippen molar-refractivity contribution in [3.63, 3.8) is 0 Å². The van der Waals surface area contributed by atoms with Gasteiger partial charge in [-0.05, 0) is 37.5 Å². The average molecular weight is 389 g/mol. The number of hydrogen-bond donors (Lipinski definition) is 1. The van der Waals surface area contributed by atoms with Gasteiger partial charge in [0.15, 0.2) is 0 Å². The summed E-state index contributed by atoms with van der Waals surface area (Å²) < 4.78 is 26.4. The van der Waals surface area contributed by atoms with Crippen molar-refractivity contribution < 1.29 is 13.2 Å². The number of halogens is 1. The first-order valence-corrected chi connectivity index (χ1v) is 9.87. The van der Waals surface area contributed by atoms with Crippen LogP contribution in [0.5, 0.6) is 0 Å². The van der Waals surface area contributed by atoms with Crippen LogP contribution >= 0.6 is 15.9 Å². The summed E-state index contributed by atoms with van der Waals surface area (Å²) in [5, 5.41) is 2.89. The van der Waals surface area contributed by atoms with Crippen LogP contribution < -0.4 is 5.32 Å². The highest BCUT2D eigenvalue weighted by atomic mass is 79.9. The van der Waals surface area contributed by atoms with Crippen molar-refractivity contribution in [2.45, 2.75) is 26.2 Å². The molecule has 0 radical (unpaired) electrons. The van der Waals surface area contributed by atoms with E-state index < -0.39 is 10.0 Å². The number of sulfonamides is 1. The number of carbonyl (C=O) groups excluding carboxylic acids is 1. The molecule has 1 heterocycles. The Morgan fingerprint density at radius 2 is 2.05 bits per heavy atom. The Kier molecular flexibility index (Phi) is 6.00. The third-order valence-corrected chi connectivity index (χ3v) is 6.34. The summed E-state index contributed by atoms with van der Waals surface area (Å²) in [5.74, 6) is 0.0136. The topological polar surface area (TPSA) is 66.5 Å². The minimum atomic E-state index is -3.15. The number of benzene rings is 1. The van der Waals surface area contributed by atoms with E-state index in [0.29, 0.717) is 32.4 Å². The quantitative estimate of drug-likeness (QED) is 0.842. The van der Waals surface area contributed by atoms with Crippen LogP contribution in [0.1, 0.15) is 26.2 Å². The summed E-state index contributed by atoms with van der Waals surface area (Å²) in [7, 11) is -3.15. The van der Waals surface area contributed by atoms with Crippen LogP contribution in [0, 0.1) is 5.92 Å². The molecule has 0 atom stereocenters. The van der Waals surface area contributed by atoms with Crippen molar-refractivity contribution in [2.24, 2.45) is 5.92 Å². The molecule has 0 bridgehead atoms. The van der Waals surface area contributed by atoms with E-state index in [0.717, 1.165) is 10.2 Å². The molecule has 1 saturated heterocycles. The van der Waals surface area contributed by atoms with Gasteiger partial charge in [-0.1, -0.05) is 28.9 Å². The maximum absolute atomic E-state index is 12.3. The second-order valence-electron chi connectivity index (χ2n) is 5.49. The van der Waals surface area contributed by atoms with Crippen LogP contribution in [0.15, 0.2) is 28.7 Å². The number of nitrogens with one attached hydrogen (secondary N) is 1. The van der Waals surface area contributed by atoms with E-state index in [4.69, 9.17) is 0 Å². The van der Waals surface area contributed by atoms with E-state index in [-0.39, 0.29) is 17.6 Å². The Balaban J connectivity index is 1.90. The zero-order chi connectivity index (χ0) is 16.2. The standard InChI is InChI=1S/C15H21BrN2O3S/c1-2-10-22(20,21)18-8-6-12(7-9-18)15(19)17-14-5-3-4-13(16)11-14/h3-5,11-12H,2,6-10H2,1H3,(H,17,19). The lowest BCUT2D eigenvalue weighted by molar-refractivity contribution is -0.120. The van der Waals surface area contributed by atoms with Crippen molar-refractivity contribution >= 4 is 37.5 Å². The maximum Gasteiger partial charge on any atom is 0.227 e. The second-order valence-corrected chi connectivity index (χ2v) is 8.49. The first kappa shape index (κ1) is 17.4. The summed E-state index contributed by atoms with van der Waals surface area (Å²) in [6, 6.07) is 7.44. The molecule has 1 amide bonds. The summed E-state index contributed by atoms with van der Waals surface area (Å²) in [5.41, 5.74) is 0.750. The van der Waals surface area contributed by atoms with Crippen LogP contribution in [0.25, 0.3) is 0 Å². The third-order valence-electron chi connectivity index (χ3n) is 3.77. The van der Waals surface area contributed by atoms with E-state index in [2.05, 4.69) is 21.2 Å². The van der Waals surface area contributed by atoms with E-state index in [1.54, 1.807) is 0 Å². The van der Waals surface area contributed by atoms with E-state index >= 15 is 0 Å². The zero-order valence-corrected chi connectivity index (χ0v) is 15.0. The maximum atomic E-state index is 12.3. The number of amides is 1. The Morgan fingerprint density at radius 1 is 1.36 bits per heavy atom. The predicted octanol–water partition coefficient (Wildman–Crippen LogP) is 2.84. The van der Waals surface area contributed by atoms with Gasteiger partial charge in [-0.3, -0.25) is 4.79 Å². The minimum absolute atomic E-state index is 0.0364. The lowest BCUT2D eigenvalue weighted by Gasteiger charge is -2.30. The smallest absolute Gasteiger partial charge is 0.227 e. The Morgan fingerprint density at radius 3 is 2.64 bits per heavy atom. The molecule has 0 aromatic heterocycles. The van der Waals surface area contributed by atoms with Gasteiger partial charge in [-0.2, -0.15) is 0 Å². The van der Waals surface area contributed by atoms with Gasteiger partial charge in [-0.25, -0.2) is 12.7 Å². The lowest BCUT2D eigenvalue weighted by atomic mass is 9.97. The van der Waals surface area contributed by atoms with Crippen molar-refractivity contribution in [3.8, 4) is 0 Å². The van der Waals surface area contributed by atoms with Gasteiger partial charge in [0.25, 0.3) is 0 Å². The molecule has 0 saturated carbocycles. The number of rotatable bonds is 5. The normalized spacial score (nSPS) is 17.4. The van der Waals surface area contributed by atoms with Crippen molar-refractivity contribution in [1.29, 1.82) is 0 Å². The number of anilines is 1. The van der Waals surface area contributed by atoms with Crippen molar-refractivity contribution in [1.82, 2.24) is 4.31 Å². The van der Waals surface area contributed by atoms with Crippen LogP contribution in [0.2, 0.25) is 0 Å². The van der Waals surface area contributed by atoms with Crippen LogP contribution in [0.4, 0.5) is 5.69 Å². The number of carbonyl (C=O) groups is 1. The first-order valence-electron chi connectivity index (χ1n) is 7.46. The molecule has 5 nitrogen and oxygen atoms in total. The summed E-state index contributed by atoms with van der Waals surface area (Å²) >= 11 is 3.37. The Hall–Kier alpha value is -0.920. The van der Waals surface area contributed by atoms with Crippen LogP contribution in [0.3, 0.4) is 0 Å². The second kappa shape index (κ2) is 7.57. The SMILES string of the molecule is CCCS(=O)(=O)N1CCC(C(=O)Nc2cccc(Br)c2)CC1. The molecular formula is C15H21BrN2O3S. The molecule has 22 heavy (non-hydrogen) atoms. The molecule has 1 aliphatic rings. The first-order chi connectivity index (χ1) is 10.4. The molecule has 0 spiro atoms. The van der Waals surface area contributed by atoms with E-state index in [1.807, 2.05) is 31.2 Å². The Bertz CT molecular complexity index is 625. The largest absolute Gasteiger partial charge is 0.326 e. The third kappa shape index (κ3) is 4.54. The van der Waals surface area contributed by atoms with Gasteiger partial charge in [0.05, 0.1) is 5.75 Å². The highest BCUT2D eigenvalue weighted by Gasteiger charge is 2.30. The monoisotopic (exact) mass is 388 g/mol. The van der Waals surface area contributed by atoms with Crippen LogP contribution in [-0.4, -0.2) is 37.5 Å². The number of nitrogens with zero attached hydrogens (tertiary/aromatic N) is 1. The summed E-state index contributed by atoms with van der Waals surface area (Å²) in [6.45, 7) is 2.72. The van der Waals surface area contributed by atoms with Gasteiger partial charge in [0.1, 0.15) is 0 Å².